The molecule has 8 heteroatoms. The normalized spacial score (nSPS) is 12.0. The average Bonchev–Trinajstić information content (AvgIpc) is 3.22. The highest BCUT2D eigenvalue weighted by molar-refractivity contribution is 9.10. The fourth-order valence-corrected chi connectivity index (χ4v) is 6.25. The average molecular weight is 577 g/mol. The van der Waals surface area contributed by atoms with E-state index in [0.717, 1.165) is 20.5 Å². The number of nitrogens with one attached hydrogen (secondary N) is 1. The SMILES string of the molecule is Cc1sc2nc(SC(C)C(=O)Nc3ccc(Br)cc3)n(-c3ccccc3)c(=O)c2c1-c1ccccc1. The zero-order chi connectivity index (χ0) is 25.2. The molecule has 1 atom stereocenters. The second-order valence-electron chi connectivity index (χ2n) is 8.21. The number of hydrogen-bond donors (Lipinski definition) is 1. The van der Waals surface area contributed by atoms with Gasteiger partial charge in [0.05, 0.1) is 16.3 Å². The Bertz CT molecular complexity index is 1600. The van der Waals surface area contributed by atoms with Crippen molar-refractivity contribution in [1.82, 2.24) is 9.55 Å². The first-order valence-electron chi connectivity index (χ1n) is 11.3. The molecule has 1 amide bonds. The van der Waals surface area contributed by atoms with Crippen LogP contribution in [0.2, 0.25) is 0 Å². The van der Waals surface area contributed by atoms with Crippen molar-refractivity contribution in [3.05, 3.63) is 105 Å². The molecule has 0 bridgehead atoms. The molecular weight excluding hydrogens is 554 g/mol. The summed E-state index contributed by atoms with van der Waals surface area (Å²) in [5.74, 6) is -0.163. The molecule has 1 unspecified atom stereocenters. The largest absolute Gasteiger partial charge is 0.325 e. The van der Waals surface area contributed by atoms with E-state index in [1.165, 1.54) is 23.1 Å². The third kappa shape index (κ3) is 4.89. The second kappa shape index (κ2) is 10.4. The van der Waals surface area contributed by atoms with E-state index in [9.17, 15) is 9.59 Å². The van der Waals surface area contributed by atoms with Crippen LogP contribution in [0.5, 0.6) is 0 Å². The minimum atomic E-state index is -0.484. The molecule has 0 fully saturated rings. The number of aromatic nitrogens is 2. The van der Waals surface area contributed by atoms with Crippen LogP contribution in [0.15, 0.2) is 99.4 Å². The minimum absolute atomic E-state index is 0.141. The third-order valence-corrected chi connectivity index (χ3v) is 8.29. The summed E-state index contributed by atoms with van der Waals surface area (Å²) in [5, 5.41) is 3.54. The van der Waals surface area contributed by atoms with Crippen molar-refractivity contribution in [2.75, 3.05) is 5.32 Å². The number of carbonyl (C=O) groups is 1. The number of nitrogens with zero attached hydrogens (tertiary/aromatic N) is 2. The number of fused-ring (bicyclic) bond motifs is 1. The van der Waals surface area contributed by atoms with Crippen molar-refractivity contribution in [3.8, 4) is 16.8 Å². The molecule has 0 aliphatic rings. The number of rotatable bonds is 6. The van der Waals surface area contributed by atoms with E-state index in [1.807, 2.05) is 98.8 Å². The maximum absolute atomic E-state index is 14.0. The number of halogens is 1. The molecule has 36 heavy (non-hydrogen) atoms. The molecule has 0 saturated heterocycles. The Morgan fingerprint density at radius 2 is 1.64 bits per heavy atom. The summed E-state index contributed by atoms with van der Waals surface area (Å²) in [7, 11) is 0. The molecule has 0 spiro atoms. The monoisotopic (exact) mass is 575 g/mol. The van der Waals surface area contributed by atoms with Crippen LogP contribution in [-0.4, -0.2) is 20.7 Å². The van der Waals surface area contributed by atoms with Crippen LogP contribution < -0.4 is 10.9 Å². The number of thioether (sulfide) groups is 1. The van der Waals surface area contributed by atoms with Crippen LogP contribution in [0, 0.1) is 6.92 Å². The summed E-state index contributed by atoms with van der Waals surface area (Å²) in [6.07, 6.45) is 0. The molecule has 5 rings (SSSR count). The van der Waals surface area contributed by atoms with Crippen LogP contribution in [0.1, 0.15) is 11.8 Å². The van der Waals surface area contributed by atoms with Crippen LogP contribution in [0.3, 0.4) is 0 Å². The molecule has 0 radical (unpaired) electrons. The summed E-state index contributed by atoms with van der Waals surface area (Å²) >= 11 is 6.18. The molecule has 3 aromatic carbocycles. The zero-order valence-electron chi connectivity index (χ0n) is 19.6. The summed E-state index contributed by atoms with van der Waals surface area (Å²) in [6, 6.07) is 26.8. The van der Waals surface area contributed by atoms with E-state index in [0.29, 0.717) is 26.7 Å². The molecule has 0 aliphatic heterocycles. The van der Waals surface area contributed by atoms with E-state index in [1.54, 1.807) is 4.57 Å². The van der Waals surface area contributed by atoms with Gasteiger partial charge in [0.15, 0.2) is 5.16 Å². The molecule has 0 aliphatic carbocycles. The fourth-order valence-electron chi connectivity index (χ4n) is 3.97. The smallest absolute Gasteiger partial charge is 0.268 e. The van der Waals surface area contributed by atoms with E-state index in [2.05, 4.69) is 21.2 Å². The predicted molar refractivity (Wildman–Crippen MR) is 153 cm³/mol. The number of anilines is 1. The Labute approximate surface area is 225 Å². The molecule has 180 valence electrons. The number of hydrogen-bond acceptors (Lipinski definition) is 5. The van der Waals surface area contributed by atoms with E-state index < -0.39 is 5.25 Å². The van der Waals surface area contributed by atoms with Crippen LogP contribution in [0.4, 0.5) is 5.69 Å². The number of amides is 1. The van der Waals surface area contributed by atoms with Gasteiger partial charge in [-0.3, -0.25) is 14.2 Å². The number of para-hydroxylation sites is 1. The highest BCUT2D eigenvalue weighted by Crippen LogP contribution is 2.37. The highest BCUT2D eigenvalue weighted by Gasteiger charge is 2.24. The lowest BCUT2D eigenvalue weighted by Crippen LogP contribution is -2.26. The Kier molecular flexibility index (Phi) is 7.09. The summed E-state index contributed by atoms with van der Waals surface area (Å²) in [5.41, 5.74) is 3.18. The van der Waals surface area contributed by atoms with Crippen molar-refractivity contribution < 1.29 is 4.79 Å². The highest BCUT2D eigenvalue weighted by atomic mass is 79.9. The quantitative estimate of drug-likeness (QED) is 0.170. The summed E-state index contributed by atoms with van der Waals surface area (Å²) < 4.78 is 2.56. The van der Waals surface area contributed by atoms with Gasteiger partial charge in [0.25, 0.3) is 5.56 Å². The number of thiophene rings is 1. The van der Waals surface area contributed by atoms with Gasteiger partial charge in [-0.25, -0.2) is 4.98 Å². The number of benzene rings is 3. The first-order chi connectivity index (χ1) is 17.4. The van der Waals surface area contributed by atoms with E-state index in [4.69, 9.17) is 4.98 Å². The molecule has 1 N–H and O–H groups in total. The van der Waals surface area contributed by atoms with Gasteiger partial charge >= 0.3 is 0 Å². The van der Waals surface area contributed by atoms with Gasteiger partial charge in [-0.1, -0.05) is 76.2 Å². The van der Waals surface area contributed by atoms with Crippen molar-refractivity contribution >= 4 is 60.8 Å². The lowest BCUT2D eigenvalue weighted by molar-refractivity contribution is -0.115. The van der Waals surface area contributed by atoms with Gasteiger partial charge in [-0.05, 0) is 55.8 Å². The van der Waals surface area contributed by atoms with Crippen LogP contribution >= 0.6 is 39.0 Å². The standard InChI is InChI=1S/C28H22BrN3O2S2/c1-17-23(19-9-5-3-6-10-19)24-26(35-17)31-28(32(27(24)34)22-11-7-4-8-12-22)36-18(2)25(33)30-21-15-13-20(29)14-16-21/h3-16,18H,1-2H3,(H,30,33). The van der Waals surface area contributed by atoms with Gasteiger partial charge in [0, 0.05) is 20.6 Å². The van der Waals surface area contributed by atoms with Crippen molar-refractivity contribution in [1.29, 1.82) is 0 Å². The zero-order valence-corrected chi connectivity index (χ0v) is 22.8. The maximum Gasteiger partial charge on any atom is 0.268 e. The van der Waals surface area contributed by atoms with Gasteiger partial charge in [-0.15, -0.1) is 11.3 Å². The van der Waals surface area contributed by atoms with E-state index in [-0.39, 0.29) is 11.5 Å². The molecular formula is C28H22BrN3O2S2. The minimum Gasteiger partial charge on any atom is -0.325 e. The topological polar surface area (TPSA) is 64.0 Å². The second-order valence-corrected chi connectivity index (χ2v) is 11.6. The molecule has 5 aromatic rings. The van der Waals surface area contributed by atoms with Crippen molar-refractivity contribution in [2.45, 2.75) is 24.3 Å². The van der Waals surface area contributed by atoms with Crippen LogP contribution in [0.25, 0.3) is 27.0 Å². The Balaban J connectivity index is 1.59. The lowest BCUT2D eigenvalue weighted by Gasteiger charge is -2.16. The van der Waals surface area contributed by atoms with Crippen LogP contribution in [-0.2, 0) is 4.79 Å². The summed E-state index contributed by atoms with van der Waals surface area (Å²) in [6.45, 7) is 3.84. The molecule has 5 nitrogen and oxygen atoms in total. The first-order valence-corrected chi connectivity index (χ1v) is 13.8. The van der Waals surface area contributed by atoms with Crippen molar-refractivity contribution in [2.24, 2.45) is 0 Å². The maximum atomic E-state index is 14.0. The number of carbonyl (C=O) groups excluding carboxylic acids is 1. The van der Waals surface area contributed by atoms with Crippen molar-refractivity contribution in [3.63, 3.8) is 0 Å². The van der Waals surface area contributed by atoms with Gasteiger partial charge in [0.2, 0.25) is 5.91 Å². The summed E-state index contributed by atoms with van der Waals surface area (Å²) in [4.78, 5) is 33.7. The van der Waals surface area contributed by atoms with Gasteiger partial charge in [-0.2, -0.15) is 0 Å². The Morgan fingerprint density at radius 3 is 2.31 bits per heavy atom. The predicted octanol–water partition coefficient (Wildman–Crippen LogP) is 7.30. The first kappa shape index (κ1) is 24.5. The molecule has 2 heterocycles. The van der Waals surface area contributed by atoms with Gasteiger partial charge in [0.1, 0.15) is 4.83 Å². The van der Waals surface area contributed by atoms with E-state index >= 15 is 0 Å². The van der Waals surface area contributed by atoms with Gasteiger partial charge < -0.3 is 5.32 Å². The Hall–Kier alpha value is -3.20. The molecule has 2 aromatic heterocycles. The fraction of sp³-hybridized carbons (Fsp3) is 0.107. The Morgan fingerprint density at radius 1 is 1.00 bits per heavy atom. The lowest BCUT2D eigenvalue weighted by atomic mass is 10.0. The third-order valence-electron chi connectivity index (χ3n) is 5.71. The molecule has 0 saturated carbocycles. The number of aryl methyl sites for hydroxylation is 1.